The van der Waals surface area contributed by atoms with Crippen molar-refractivity contribution in [1.82, 2.24) is 4.98 Å². The molecule has 0 spiro atoms. The highest BCUT2D eigenvalue weighted by Crippen LogP contribution is 2.00. The minimum Gasteiger partial charge on any atom is -0.478 e. The van der Waals surface area contributed by atoms with Gasteiger partial charge in [-0.05, 0) is 18.2 Å². The van der Waals surface area contributed by atoms with Crippen molar-refractivity contribution < 1.29 is 14.7 Å². The van der Waals surface area contributed by atoms with Crippen LogP contribution in [-0.2, 0) is 4.79 Å². The molecule has 0 bridgehead atoms. The summed E-state index contributed by atoms with van der Waals surface area (Å²) in [6.07, 6.45) is 4.43. The van der Waals surface area contributed by atoms with Gasteiger partial charge in [-0.25, -0.2) is 4.79 Å². The molecule has 4 nitrogen and oxygen atoms in total. The molecule has 0 amide bonds. The van der Waals surface area contributed by atoms with Gasteiger partial charge in [0.15, 0.2) is 0 Å². The second kappa shape index (κ2) is 4.15. The number of carbonyl (C=O) groups excluding carboxylic acids is 1. The highest BCUT2D eigenvalue weighted by molar-refractivity contribution is 5.85. The molecule has 0 fully saturated rings. The van der Waals surface area contributed by atoms with Gasteiger partial charge in [0.2, 0.25) is 0 Å². The normalized spacial score (nSPS) is 10.2. The van der Waals surface area contributed by atoms with E-state index in [1.54, 1.807) is 6.07 Å². The number of carbonyl (C=O) groups is 2. The molecule has 0 aliphatic heterocycles. The van der Waals surface area contributed by atoms with Gasteiger partial charge in [-0.15, -0.1) is 0 Å². The molecule has 0 aliphatic carbocycles. The Morgan fingerprint density at radius 1 is 1.54 bits per heavy atom. The molecule has 0 atom stereocenters. The van der Waals surface area contributed by atoms with Gasteiger partial charge in [0.1, 0.15) is 6.29 Å². The second-order valence-electron chi connectivity index (χ2n) is 2.30. The van der Waals surface area contributed by atoms with Crippen LogP contribution in [0.4, 0.5) is 0 Å². The Hall–Kier alpha value is -1.97. The van der Waals surface area contributed by atoms with Crippen molar-refractivity contribution in [2.75, 3.05) is 0 Å². The average molecular weight is 177 g/mol. The Balaban J connectivity index is 2.89. The molecule has 0 aromatic carbocycles. The number of aldehydes is 1. The maximum absolute atomic E-state index is 10.3. The quantitative estimate of drug-likeness (QED) is 0.552. The predicted octanol–water partition coefficient (Wildman–Crippen LogP) is 0.992. The van der Waals surface area contributed by atoms with Crippen molar-refractivity contribution in [3.8, 4) is 0 Å². The van der Waals surface area contributed by atoms with Crippen LogP contribution in [0.25, 0.3) is 6.08 Å². The SMILES string of the molecule is O=Cc1ccnc(C=CC(=O)O)c1. The summed E-state index contributed by atoms with van der Waals surface area (Å²) in [4.78, 5) is 24.3. The highest BCUT2D eigenvalue weighted by Gasteiger charge is 1.93. The predicted molar refractivity (Wildman–Crippen MR) is 46.3 cm³/mol. The maximum atomic E-state index is 10.3. The Morgan fingerprint density at radius 3 is 2.92 bits per heavy atom. The van der Waals surface area contributed by atoms with Crippen molar-refractivity contribution in [3.63, 3.8) is 0 Å². The van der Waals surface area contributed by atoms with Crippen molar-refractivity contribution >= 4 is 18.3 Å². The molecule has 1 rings (SSSR count). The summed E-state index contributed by atoms with van der Waals surface area (Å²) >= 11 is 0. The van der Waals surface area contributed by atoms with Crippen LogP contribution in [0.15, 0.2) is 24.4 Å². The number of pyridine rings is 1. The first-order valence-corrected chi connectivity index (χ1v) is 3.54. The molecule has 1 aromatic heterocycles. The van der Waals surface area contributed by atoms with Gasteiger partial charge in [0, 0.05) is 17.8 Å². The van der Waals surface area contributed by atoms with Gasteiger partial charge in [-0.1, -0.05) is 0 Å². The minimum absolute atomic E-state index is 0.451. The van der Waals surface area contributed by atoms with Gasteiger partial charge in [-0.3, -0.25) is 9.78 Å². The lowest BCUT2D eigenvalue weighted by molar-refractivity contribution is -0.131. The Labute approximate surface area is 74.5 Å². The second-order valence-corrected chi connectivity index (χ2v) is 2.30. The zero-order valence-corrected chi connectivity index (χ0v) is 6.68. The van der Waals surface area contributed by atoms with Crippen LogP contribution in [0, 0.1) is 0 Å². The molecule has 1 N–H and O–H groups in total. The molecule has 0 radical (unpaired) electrons. The smallest absolute Gasteiger partial charge is 0.328 e. The fourth-order valence-corrected chi connectivity index (χ4v) is 0.787. The molecule has 1 aromatic rings. The van der Waals surface area contributed by atoms with E-state index in [4.69, 9.17) is 5.11 Å². The molecule has 13 heavy (non-hydrogen) atoms. The minimum atomic E-state index is -1.04. The largest absolute Gasteiger partial charge is 0.478 e. The van der Waals surface area contributed by atoms with E-state index in [1.165, 1.54) is 18.3 Å². The molecule has 0 aliphatic rings. The van der Waals surface area contributed by atoms with Gasteiger partial charge >= 0.3 is 5.97 Å². The molecule has 4 heteroatoms. The third-order valence-corrected chi connectivity index (χ3v) is 1.34. The molecule has 0 saturated heterocycles. The first-order valence-electron chi connectivity index (χ1n) is 3.54. The number of hydrogen-bond donors (Lipinski definition) is 1. The van der Waals surface area contributed by atoms with E-state index in [2.05, 4.69) is 4.98 Å². The van der Waals surface area contributed by atoms with Crippen LogP contribution in [0.2, 0.25) is 0 Å². The summed E-state index contributed by atoms with van der Waals surface area (Å²) in [5.74, 6) is -1.04. The fraction of sp³-hybridized carbons (Fsp3) is 0. The summed E-state index contributed by atoms with van der Waals surface area (Å²) in [7, 11) is 0. The number of hydrogen-bond acceptors (Lipinski definition) is 3. The van der Waals surface area contributed by atoms with Crippen LogP contribution in [0.1, 0.15) is 16.1 Å². The molecule has 1 heterocycles. The number of aliphatic carboxylic acids is 1. The average Bonchev–Trinajstić information content (AvgIpc) is 2.15. The Morgan fingerprint density at radius 2 is 2.31 bits per heavy atom. The van der Waals surface area contributed by atoms with Crippen molar-refractivity contribution in [2.24, 2.45) is 0 Å². The zero-order valence-electron chi connectivity index (χ0n) is 6.68. The zero-order chi connectivity index (χ0) is 9.68. The van der Waals surface area contributed by atoms with Crippen LogP contribution >= 0.6 is 0 Å². The lowest BCUT2D eigenvalue weighted by Crippen LogP contribution is -1.88. The summed E-state index contributed by atoms with van der Waals surface area (Å²) in [6, 6.07) is 3.05. The number of aromatic nitrogens is 1. The van der Waals surface area contributed by atoms with Gasteiger partial charge in [0.05, 0.1) is 5.69 Å². The van der Waals surface area contributed by atoms with E-state index >= 15 is 0 Å². The van der Waals surface area contributed by atoms with Crippen LogP contribution in [0.3, 0.4) is 0 Å². The van der Waals surface area contributed by atoms with Crippen molar-refractivity contribution in [3.05, 3.63) is 35.7 Å². The molecule has 0 unspecified atom stereocenters. The van der Waals surface area contributed by atoms with Crippen LogP contribution in [0.5, 0.6) is 0 Å². The summed E-state index contributed by atoms with van der Waals surface area (Å²) in [5.41, 5.74) is 0.923. The van der Waals surface area contributed by atoms with E-state index in [9.17, 15) is 9.59 Å². The Bertz CT molecular complexity index is 358. The summed E-state index contributed by atoms with van der Waals surface area (Å²) < 4.78 is 0. The van der Waals surface area contributed by atoms with Crippen LogP contribution < -0.4 is 0 Å². The standard InChI is InChI=1S/C9H7NO3/c11-6-7-3-4-10-8(5-7)1-2-9(12)13/h1-6H,(H,12,13). The fourth-order valence-electron chi connectivity index (χ4n) is 0.787. The lowest BCUT2D eigenvalue weighted by Gasteiger charge is -1.92. The van der Waals surface area contributed by atoms with E-state index in [0.717, 1.165) is 6.08 Å². The summed E-state index contributed by atoms with van der Waals surface area (Å²) in [5, 5.41) is 8.32. The monoisotopic (exact) mass is 177 g/mol. The molecular weight excluding hydrogens is 170 g/mol. The van der Waals surface area contributed by atoms with Gasteiger partial charge in [0.25, 0.3) is 0 Å². The number of nitrogens with zero attached hydrogens (tertiary/aromatic N) is 1. The van der Waals surface area contributed by atoms with Crippen molar-refractivity contribution in [1.29, 1.82) is 0 Å². The van der Waals surface area contributed by atoms with E-state index < -0.39 is 5.97 Å². The number of carboxylic acids is 1. The topological polar surface area (TPSA) is 67.3 Å². The summed E-state index contributed by atoms with van der Waals surface area (Å²) in [6.45, 7) is 0. The number of rotatable bonds is 3. The first-order chi connectivity index (χ1) is 6.22. The lowest BCUT2D eigenvalue weighted by atomic mass is 10.2. The van der Waals surface area contributed by atoms with Crippen LogP contribution in [-0.4, -0.2) is 22.3 Å². The molecular formula is C9H7NO3. The van der Waals surface area contributed by atoms with Gasteiger partial charge in [-0.2, -0.15) is 0 Å². The van der Waals surface area contributed by atoms with E-state index in [-0.39, 0.29) is 0 Å². The Kier molecular flexibility index (Phi) is 2.92. The molecule has 0 saturated carbocycles. The maximum Gasteiger partial charge on any atom is 0.328 e. The molecule has 66 valence electrons. The third-order valence-electron chi connectivity index (χ3n) is 1.34. The third kappa shape index (κ3) is 2.86. The first kappa shape index (κ1) is 9.12. The number of carboxylic acid groups (broad SMARTS) is 1. The van der Waals surface area contributed by atoms with E-state index in [1.807, 2.05) is 0 Å². The van der Waals surface area contributed by atoms with Crippen molar-refractivity contribution in [2.45, 2.75) is 0 Å². The van der Waals surface area contributed by atoms with E-state index in [0.29, 0.717) is 17.5 Å². The highest BCUT2D eigenvalue weighted by atomic mass is 16.4. The van der Waals surface area contributed by atoms with Gasteiger partial charge < -0.3 is 5.11 Å².